The largest absolute Gasteiger partial charge is 0.353 e. The van der Waals surface area contributed by atoms with Crippen LogP contribution in [0.4, 0.5) is 0 Å². The summed E-state index contributed by atoms with van der Waals surface area (Å²) < 4.78 is 19.9. The van der Waals surface area contributed by atoms with Gasteiger partial charge in [-0.1, -0.05) is 12.1 Å². The highest BCUT2D eigenvalue weighted by Gasteiger charge is 2.25. The molecular formula is C16H22IN3O3. The Kier molecular flexibility index (Phi) is 5.71. The van der Waals surface area contributed by atoms with Crippen molar-refractivity contribution in [1.29, 1.82) is 0 Å². The fraction of sp³-hybridized carbons (Fsp3) is 0.625. The summed E-state index contributed by atoms with van der Waals surface area (Å²) in [7, 11) is 0. The summed E-state index contributed by atoms with van der Waals surface area (Å²) in [6.45, 7) is 4.93. The number of rotatable bonds is 6. The maximum absolute atomic E-state index is 6.06. The minimum Gasteiger partial charge on any atom is -0.353 e. The zero-order valence-corrected chi connectivity index (χ0v) is 15.6. The molecule has 2 aromatic rings. The minimum atomic E-state index is -0.131. The Bertz CT molecular complexity index is 622. The van der Waals surface area contributed by atoms with Gasteiger partial charge in [-0.3, -0.25) is 0 Å². The molecule has 0 aliphatic carbocycles. The van der Waals surface area contributed by atoms with Gasteiger partial charge >= 0.3 is 0 Å². The Morgan fingerprint density at radius 2 is 2.35 bits per heavy atom. The van der Waals surface area contributed by atoms with E-state index in [2.05, 4.69) is 44.2 Å². The lowest BCUT2D eigenvalue weighted by Gasteiger charge is -2.27. The van der Waals surface area contributed by atoms with Gasteiger partial charge in [0.25, 0.3) is 0 Å². The monoisotopic (exact) mass is 431 g/mol. The number of halogens is 1. The van der Waals surface area contributed by atoms with Crippen molar-refractivity contribution in [2.45, 2.75) is 58.0 Å². The van der Waals surface area contributed by atoms with Crippen molar-refractivity contribution in [3.05, 3.63) is 33.7 Å². The number of hydrogen-bond donors (Lipinski definition) is 0. The van der Waals surface area contributed by atoms with Crippen LogP contribution in [-0.2, 0) is 9.47 Å². The van der Waals surface area contributed by atoms with Crippen LogP contribution < -0.4 is 0 Å². The van der Waals surface area contributed by atoms with E-state index in [4.69, 9.17) is 14.0 Å². The highest BCUT2D eigenvalue weighted by Crippen LogP contribution is 2.28. The van der Waals surface area contributed by atoms with Gasteiger partial charge in [0.2, 0.25) is 0 Å². The Balaban J connectivity index is 1.77. The summed E-state index contributed by atoms with van der Waals surface area (Å²) in [4.78, 5) is 4.50. The quantitative estimate of drug-likeness (QED) is 0.646. The first-order valence-electron chi connectivity index (χ1n) is 8.11. The zero-order chi connectivity index (χ0) is 16.2. The van der Waals surface area contributed by atoms with E-state index in [1.807, 2.05) is 25.4 Å². The van der Waals surface area contributed by atoms with Crippen molar-refractivity contribution < 1.29 is 14.0 Å². The molecule has 0 saturated carbocycles. The van der Waals surface area contributed by atoms with Crippen LogP contribution in [0.2, 0.25) is 0 Å². The van der Waals surface area contributed by atoms with Gasteiger partial charge in [-0.2, -0.15) is 0 Å². The third kappa shape index (κ3) is 3.95. The summed E-state index contributed by atoms with van der Waals surface area (Å²) >= 11 is 2.13. The molecule has 0 bridgehead atoms. The fourth-order valence-corrected chi connectivity index (χ4v) is 3.40. The van der Waals surface area contributed by atoms with Crippen LogP contribution in [0.25, 0.3) is 0 Å². The summed E-state index contributed by atoms with van der Waals surface area (Å²) in [6.07, 6.45) is 7.65. The maximum Gasteiger partial charge on any atom is 0.196 e. The molecule has 0 N–H and O–H groups in total. The molecule has 0 amide bonds. The van der Waals surface area contributed by atoms with Crippen LogP contribution >= 0.6 is 22.6 Å². The molecule has 0 spiro atoms. The number of hydrogen-bond acceptors (Lipinski definition) is 5. The molecule has 126 valence electrons. The highest BCUT2D eigenvalue weighted by atomic mass is 127. The van der Waals surface area contributed by atoms with Gasteiger partial charge in [0.1, 0.15) is 17.6 Å². The lowest BCUT2D eigenvalue weighted by atomic mass is 10.1. The smallest absolute Gasteiger partial charge is 0.196 e. The second-order valence-corrected chi connectivity index (χ2v) is 6.81. The maximum atomic E-state index is 6.06. The van der Waals surface area contributed by atoms with E-state index >= 15 is 0 Å². The first kappa shape index (κ1) is 16.9. The second-order valence-electron chi connectivity index (χ2n) is 5.75. The van der Waals surface area contributed by atoms with E-state index in [0.29, 0.717) is 0 Å². The Hall–Kier alpha value is -0.930. The van der Waals surface area contributed by atoms with Crippen LogP contribution in [-0.4, -0.2) is 27.6 Å². The topological polar surface area (TPSA) is 62.3 Å². The van der Waals surface area contributed by atoms with Crippen LogP contribution in [0.15, 0.2) is 23.0 Å². The predicted molar refractivity (Wildman–Crippen MR) is 93.0 cm³/mol. The van der Waals surface area contributed by atoms with Crippen molar-refractivity contribution in [3.63, 3.8) is 0 Å². The van der Waals surface area contributed by atoms with Crippen LogP contribution in [0, 0.1) is 3.77 Å². The Labute approximate surface area is 149 Å². The van der Waals surface area contributed by atoms with Crippen LogP contribution in [0.5, 0.6) is 0 Å². The van der Waals surface area contributed by atoms with Crippen molar-refractivity contribution in [2.75, 3.05) is 6.61 Å². The molecule has 23 heavy (non-hydrogen) atoms. The molecule has 1 unspecified atom stereocenters. The minimum absolute atomic E-state index is 0.0955. The Morgan fingerprint density at radius 1 is 1.48 bits per heavy atom. The van der Waals surface area contributed by atoms with Crippen LogP contribution in [0.1, 0.15) is 63.2 Å². The van der Waals surface area contributed by atoms with Crippen molar-refractivity contribution in [2.24, 2.45) is 0 Å². The molecule has 3 atom stereocenters. The molecule has 1 saturated heterocycles. The third-order valence-electron chi connectivity index (χ3n) is 4.12. The first-order valence-corrected chi connectivity index (χ1v) is 9.18. The lowest BCUT2D eigenvalue weighted by molar-refractivity contribution is -0.188. The number of nitrogens with zero attached hydrogens (tertiary/aromatic N) is 3. The molecule has 1 aliphatic heterocycles. The molecule has 1 fully saturated rings. The first-order chi connectivity index (χ1) is 11.2. The normalized spacial score (nSPS) is 21.3. The van der Waals surface area contributed by atoms with Gasteiger partial charge in [0, 0.05) is 47.7 Å². The van der Waals surface area contributed by atoms with E-state index in [9.17, 15) is 0 Å². The molecule has 3 heterocycles. The van der Waals surface area contributed by atoms with Crippen molar-refractivity contribution in [3.8, 4) is 0 Å². The summed E-state index contributed by atoms with van der Waals surface area (Å²) in [5.74, 6) is 0.893. The van der Waals surface area contributed by atoms with E-state index < -0.39 is 0 Å². The SMILES string of the molecule is CC[C@H](c1cc(I)on1)n1ccnc1[C@H](C)OC1CCCCO1. The summed E-state index contributed by atoms with van der Waals surface area (Å²) in [6, 6.07) is 2.06. The summed E-state index contributed by atoms with van der Waals surface area (Å²) in [5.41, 5.74) is 0.914. The van der Waals surface area contributed by atoms with Crippen LogP contribution in [0.3, 0.4) is 0 Å². The van der Waals surface area contributed by atoms with Gasteiger partial charge in [0.15, 0.2) is 10.1 Å². The lowest BCUT2D eigenvalue weighted by Crippen LogP contribution is -2.25. The average molecular weight is 431 g/mol. The Morgan fingerprint density at radius 3 is 3.00 bits per heavy atom. The molecule has 2 aromatic heterocycles. The van der Waals surface area contributed by atoms with Gasteiger partial charge in [0.05, 0.1) is 6.04 Å². The molecule has 6 nitrogen and oxygen atoms in total. The molecule has 7 heteroatoms. The fourth-order valence-electron chi connectivity index (χ4n) is 2.98. The molecule has 0 radical (unpaired) electrons. The zero-order valence-electron chi connectivity index (χ0n) is 13.4. The molecular weight excluding hydrogens is 409 g/mol. The highest BCUT2D eigenvalue weighted by molar-refractivity contribution is 14.1. The van der Waals surface area contributed by atoms with Gasteiger partial charge < -0.3 is 18.6 Å². The van der Waals surface area contributed by atoms with Gasteiger partial charge in [-0.05, 0) is 32.6 Å². The van der Waals surface area contributed by atoms with Crippen molar-refractivity contribution >= 4 is 22.6 Å². The number of ether oxygens (including phenoxy) is 2. The molecule has 0 aromatic carbocycles. The van der Waals surface area contributed by atoms with E-state index in [-0.39, 0.29) is 18.4 Å². The van der Waals surface area contributed by atoms with E-state index in [0.717, 1.165) is 47.6 Å². The predicted octanol–water partition coefficient (Wildman–Crippen LogP) is 4.08. The summed E-state index contributed by atoms with van der Waals surface area (Å²) in [5, 5.41) is 4.16. The second kappa shape index (κ2) is 7.76. The van der Waals surface area contributed by atoms with Gasteiger partial charge in [-0.15, -0.1) is 0 Å². The molecule has 3 rings (SSSR count). The van der Waals surface area contributed by atoms with Gasteiger partial charge in [-0.25, -0.2) is 4.98 Å². The average Bonchev–Trinajstić information content (AvgIpc) is 3.19. The van der Waals surface area contributed by atoms with Crippen molar-refractivity contribution in [1.82, 2.24) is 14.7 Å². The molecule has 1 aliphatic rings. The number of aromatic nitrogens is 3. The number of imidazole rings is 1. The third-order valence-corrected chi connectivity index (χ3v) is 4.63. The van der Waals surface area contributed by atoms with E-state index in [1.165, 1.54) is 0 Å². The van der Waals surface area contributed by atoms with E-state index in [1.54, 1.807) is 0 Å². The standard InChI is InChI=1S/C16H22IN3O3/c1-3-13(12-10-14(17)23-19-12)20-8-7-18-16(20)11(2)22-15-6-4-5-9-21-15/h7-8,10-11,13,15H,3-6,9H2,1-2H3/t11-,13+,15?/m0/s1.